The van der Waals surface area contributed by atoms with Gasteiger partial charge in [0, 0.05) is 66.8 Å². The summed E-state index contributed by atoms with van der Waals surface area (Å²) < 4.78 is 13.7. The summed E-state index contributed by atoms with van der Waals surface area (Å²) in [6.45, 7) is 9.41. The monoisotopic (exact) mass is 723 g/mol. The van der Waals surface area contributed by atoms with E-state index < -0.39 is 0 Å². The molecule has 0 saturated carbocycles. The van der Waals surface area contributed by atoms with Gasteiger partial charge in [0.15, 0.2) is 0 Å². The van der Waals surface area contributed by atoms with E-state index in [0.29, 0.717) is 0 Å². The zero-order chi connectivity index (χ0) is 37.5. The van der Waals surface area contributed by atoms with Crippen molar-refractivity contribution in [3.05, 3.63) is 163 Å². The molecule has 0 atom stereocenters. The van der Waals surface area contributed by atoms with Crippen LogP contribution in [-0.2, 0) is 10.8 Å². The van der Waals surface area contributed by atoms with Crippen LogP contribution in [0.1, 0.15) is 39.0 Å². The molecule has 0 fully saturated rings. The molecule has 0 N–H and O–H groups in total. The van der Waals surface area contributed by atoms with Crippen molar-refractivity contribution in [1.82, 2.24) is 23.5 Å². The lowest BCUT2D eigenvalue weighted by Gasteiger charge is -2.45. The smallest absolute Gasteiger partial charge is 0.145 e. The average molecular weight is 724 g/mol. The normalized spacial score (nSPS) is 14.7. The van der Waals surface area contributed by atoms with Gasteiger partial charge in [-0.1, -0.05) is 100 Å². The molecule has 0 bridgehead atoms. The third kappa shape index (κ3) is 4.00. The minimum Gasteiger partial charge on any atom is -0.457 e. The third-order valence-corrected chi connectivity index (χ3v) is 13.1. The van der Waals surface area contributed by atoms with Gasteiger partial charge in [-0.15, -0.1) is 0 Å². The minimum absolute atomic E-state index is 0.0599. The van der Waals surface area contributed by atoms with E-state index in [1.165, 1.54) is 38.3 Å². The molecule has 12 rings (SSSR count). The Morgan fingerprint density at radius 2 is 1.12 bits per heavy atom. The molecule has 6 heteroatoms. The van der Waals surface area contributed by atoms with Crippen molar-refractivity contribution in [1.29, 1.82) is 0 Å². The number of hydrogen-bond acceptors (Lipinski definition) is 3. The molecule has 0 spiro atoms. The number of imidazole rings is 1. The number of para-hydroxylation sites is 4. The number of hydrogen-bond donors (Lipinski definition) is 0. The van der Waals surface area contributed by atoms with Crippen molar-refractivity contribution in [3.8, 4) is 23.0 Å². The molecule has 0 amide bonds. The second kappa shape index (κ2) is 10.9. The Balaban J connectivity index is 1.02. The predicted octanol–water partition coefficient (Wildman–Crippen LogP) is 12.6. The number of fused-ring (bicyclic) bond motifs is 9. The van der Waals surface area contributed by atoms with Crippen LogP contribution in [0.4, 0.5) is 0 Å². The molecule has 11 aromatic rings. The molecule has 5 aromatic heterocycles. The molecule has 268 valence electrons. The molecule has 1 aliphatic heterocycles. The molecule has 6 aromatic carbocycles. The maximum atomic E-state index is 6.77. The zero-order valence-corrected chi connectivity index (χ0v) is 31.6. The van der Waals surface area contributed by atoms with Crippen molar-refractivity contribution >= 4 is 70.9 Å². The Labute approximate surface area is 322 Å². The first kappa shape index (κ1) is 31.4. The number of aromatic nitrogens is 5. The van der Waals surface area contributed by atoms with E-state index in [-0.39, 0.29) is 10.8 Å². The van der Waals surface area contributed by atoms with Crippen LogP contribution in [0.15, 0.2) is 152 Å². The van der Waals surface area contributed by atoms with E-state index in [4.69, 9.17) is 14.7 Å². The Morgan fingerprint density at radius 1 is 0.464 bits per heavy atom. The second-order valence-corrected chi connectivity index (χ2v) is 16.3. The number of benzene rings is 6. The number of rotatable bonds is 4. The fourth-order valence-corrected chi connectivity index (χ4v) is 9.61. The Bertz CT molecular complexity index is 3450. The highest BCUT2D eigenvalue weighted by Gasteiger charge is 2.46. The maximum absolute atomic E-state index is 6.77. The first-order valence-corrected chi connectivity index (χ1v) is 19.3. The molecule has 6 heterocycles. The largest absolute Gasteiger partial charge is 0.457 e. The highest BCUT2D eigenvalue weighted by Crippen LogP contribution is 2.51. The molecule has 0 unspecified atom stereocenters. The summed E-state index contributed by atoms with van der Waals surface area (Å²) in [6.07, 6.45) is 4.10. The summed E-state index contributed by atoms with van der Waals surface area (Å²) in [6, 6.07) is 49.5. The van der Waals surface area contributed by atoms with Crippen LogP contribution in [0.2, 0.25) is 0 Å². The van der Waals surface area contributed by atoms with Crippen molar-refractivity contribution in [2.75, 3.05) is 0 Å². The molecule has 0 aliphatic carbocycles. The first-order chi connectivity index (χ1) is 27.3. The van der Waals surface area contributed by atoms with Gasteiger partial charge in [-0.25, -0.2) is 9.97 Å². The molecule has 1 aliphatic rings. The van der Waals surface area contributed by atoms with Gasteiger partial charge in [-0.3, -0.25) is 8.97 Å². The number of ether oxygens (including phenoxy) is 1. The molecule has 0 saturated heterocycles. The fourth-order valence-electron chi connectivity index (χ4n) is 9.61. The maximum Gasteiger partial charge on any atom is 0.145 e. The van der Waals surface area contributed by atoms with Crippen LogP contribution in [0.25, 0.3) is 82.4 Å². The predicted molar refractivity (Wildman–Crippen MR) is 229 cm³/mol. The van der Waals surface area contributed by atoms with Gasteiger partial charge in [0.05, 0.1) is 33.8 Å². The van der Waals surface area contributed by atoms with Crippen LogP contribution >= 0.6 is 0 Å². The standard InChI is InChI=1S/C50H37N5O/c1-49(2)40-18-12-17-37-33-23-21-31(25-39(33)48-52-29-45(50(49,3)4)55(48)47(37)40)56-32-22-24-36-34-15-8-11-20-42(34)54(43(36)26-32)46-27-38-35-16-9-10-19-41(35)53(44(38)28-51-46)30-13-6-5-7-14-30/h5-29H,1-4H3. The van der Waals surface area contributed by atoms with Crippen molar-refractivity contribution in [3.63, 3.8) is 0 Å². The lowest BCUT2D eigenvalue weighted by atomic mass is 9.61. The van der Waals surface area contributed by atoms with Gasteiger partial charge < -0.3 is 9.30 Å². The molecular formula is C50H37N5O. The van der Waals surface area contributed by atoms with E-state index in [9.17, 15) is 0 Å². The Kier molecular flexibility index (Phi) is 6.09. The topological polar surface area (TPSA) is 49.3 Å². The summed E-state index contributed by atoms with van der Waals surface area (Å²) in [5.74, 6) is 2.39. The van der Waals surface area contributed by atoms with Crippen LogP contribution in [0.3, 0.4) is 0 Å². The van der Waals surface area contributed by atoms with E-state index >= 15 is 0 Å². The Morgan fingerprint density at radius 3 is 1.93 bits per heavy atom. The van der Waals surface area contributed by atoms with Gasteiger partial charge >= 0.3 is 0 Å². The lowest BCUT2D eigenvalue weighted by molar-refractivity contribution is 0.288. The van der Waals surface area contributed by atoms with Gasteiger partial charge in [0.25, 0.3) is 0 Å². The van der Waals surface area contributed by atoms with Crippen LogP contribution in [0, 0.1) is 0 Å². The van der Waals surface area contributed by atoms with E-state index in [1.54, 1.807) is 0 Å². The molecule has 0 radical (unpaired) electrons. The number of nitrogens with zero attached hydrogens (tertiary/aromatic N) is 5. The van der Waals surface area contributed by atoms with Crippen LogP contribution in [-0.4, -0.2) is 23.5 Å². The summed E-state index contributed by atoms with van der Waals surface area (Å²) in [5.41, 5.74) is 10.1. The van der Waals surface area contributed by atoms with Gasteiger partial charge in [0.2, 0.25) is 0 Å². The third-order valence-electron chi connectivity index (χ3n) is 13.1. The SMILES string of the molecule is CC1(C)c2cccc3c4ccc(Oc5ccc6c7ccccc7n(-c7cc8c9ccccc9n(-c9ccccc9)c8cn7)c6c5)cc4c4ncc(n4c23)C1(C)C. The van der Waals surface area contributed by atoms with Gasteiger partial charge in [-0.05, 0) is 71.6 Å². The average Bonchev–Trinajstić information content (AvgIpc) is 3.91. The zero-order valence-electron chi connectivity index (χ0n) is 31.6. The van der Waals surface area contributed by atoms with E-state index in [0.717, 1.165) is 66.9 Å². The highest BCUT2D eigenvalue weighted by atomic mass is 16.5. The summed E-state index contributed by atoms with van der Waals surface area (Å²) in [7, 11) is 0. The van der Waals surface area contributed by atoms with E-state index in [1.807, 2.05) is 6.20 Å². The summed E-state index contributed by atoms with van der Waals surface area (Å²) in [5, 5.41) is 8.16. The summed E-state index contributed by atoms with van der Waals surface area (Å²) >= 11 is 0. The van der Waals surface area contributed by atoms with Crippen molar-refractivity contribution in [2.24, 2.45) is 0 Å². The summed E-state index contributed by atoms with van der Waals surface area (Å²) in [4.78, 5) is 10.2. The van der Waals surface area contributed by atoms with Crippen molar-refractivity contribution in [2.45, 2.75) is 38.5 Å². The Hall–Kier alpha value is -6.92. The number of pyridine rings is 2. The van der Waals surface area contributed by atoms with Gasteiger partial charge in [-0.2, -0.15) is 0 Å². The molecule has 56 heavy (non-hydrogen) atoms. The van der Waals surface area contributed by atoms with Crippen LogP contribution in [0.5, 0.6) is 11.5 Å². The van der Waals surface area contributed by atoms with Crippen molar-refractivity contribution < 1.29 is 4.74 Å². The van der Waals surface area contributed by atoms with Crippen LogP contribution < -0.4 is 4.74 Å². The van der Waals surface area contributed by atoms with Gasteiger partial charge in [0.1, 0.15) is 23.0 Å². The second-order valence-electron chi connectivity index (χ2n) is 16.3. The fraction of sp³-hybridized carbons (Fsp3) is 0.120. The lowest BCUT2D eigenvalue weighted by Crippen LogP contribution is -2.44. The molecular weight excluding hydrogens is 687 g/mol. The van der Waals surface area contributed by atoms with E-state index in [2.05, 4.69) is 187 Å². The quantitative estimate of drug-likeness (QED) is 0.170. The molecule has 6 nitrogen and oxygen atoms in total. The highest BCUT2D eigenvalue weighted by molar-refractivity contribution is 6.14. The minimum atomic E-state index is -0.109. The first-order valence-electron chi connectivity index (χ1n) is 19.3.